The van der Waals surface area contributed by atoms with Crippen LogP contribution < -0.4 is 16.6 Å². The van der Waals surface area contributed by atoms with Crippen LogP contribution in [0.25, 0.3) is 0 Å². The predicted molar refractivity (Wildman–Crippen MR) is 98.8 cm³/mol. The summed E-state index contributed by atoms with van der Waals surface area (Å²) in [4.78, 5) is 36.9. The number of benzene rings is 2. The highest BCUT2D eigenvalue weighted by Gasteiger charge is 2.05. The molecule has 0 aliphatic rings. The molecule has 3 rings (SSSR count). The third-order valence-corrected chi connectivity index (χ3v) is 3.48. The Bertz CT molecular complexity index is 1100. The highest BCUT2D eigenvalue weighted by molar-refractivity contribution is 5.90. The summed E-state index contributed by atoms with van der Waals surface area (Å²) in [5.74, 6) is 5.71. The van der Waals surface area contributed by atoms with E-state index >= 15 is 0 Å². The Kier molecular flexibility index (Phi) is 5.11. The van der Waals surface area contributed by atoms with Gasteiger partial charge in [0.2, 0.25) is 5.91 Å². The lowest BCUT2D eigenvalue weighted by Crippen LogP contribution is -2.32. The van der Waals surface area contributed by atoms with Crippen LogP contribution >= 0.6 is 0 Å². The van der Waals surface area contributed by atoms with Gasteiger partial charge in [-0.1, -0.05) is 36.1 Å². The molecule has 6 nitrogen and oxygen atoms in total. The van der Waals surface area contributed by atoms with Crippen LogP contribution in [-0.2, 0) is 11.3 Å². The Morgan fingerprint density at radius 1 is 0.962 bits per heavy atom. The molecule has 0 atom stereocenters. The molecule has 1 amide bonds. The van der Waals surface area contributed by atoms with E-state index in [9.17, 15) is 14.4 Å². The average Bonchev–Trinajstić information content (AvgIpc) is 2.63. The molecule has 1 aromatic heterocycles. The molecule has 0 aliphatic carbocycles. The third kappa shape index (κ3) is 4.58. The molecule has 0 unspecified atom stereocenters. The summed E-state index contributed by atoms with van der Waals surface area (Å²) in [5.41, 5.74) is 1.10. The van der Waals surface area contributed by atoms with Crippen molar-refractivity contribution in [2.24, 2.45) is 0 Å². The molecule has 1 heterocycles. The predicted octanol–water partition coefficient (Wildman–Crippen LogP) is 1.58. The van der Waals surface area contributed by atoms with Crippen LogP contribution in [0.2, 0.25) is 0 Å². The van der Waals surface area contributed by atoms with Gasteiger partial charge < -0.3 is 5.32 Å². The molecule has 0 bridgehead atoms. The van der Waals surface area contributed by atoms with E-state index in [-0.39, 0.29) is 12.5 Å². The van der Waals surface area contributed by atoms with E-state index in [0.29, 0.717) is 5.69 Å². The lowest BCUT2D eigenvalue weighted by Gasteiger charge is -2.07. The van der Waals surface area contributed by atoms with E-state index in [1.54, 1.807) is 18.2 Å². The Hall–Kier alpha value is -3.85. The number of aromatic nitrogens is 2. The summed E-state index contributed by atoms with van der Waals surface area (Å²) in [6, 6.07) is 17.9. The number of anilines is 1. The highest BCUT2D eigenvalue weighted by atomic mass is 16.2. The SMILES string of the molecule is O=C(Cn1ccc(=O)[nH]c1=O)Nc1cccc(C#Cc2ccccc2)c1. The zero-order valence-corrected chi connectivity index (χ0v) is 13.7. The number of carbonyl (C=O) groups excluding carboxylic acids is 1. The van der Waals surface area contributed by atoms with Crippen molar-refractivity contribution in [1.82, 2.24) is 9.55 Å². The smallest absolute Gasteiger partial charge is 0.324 e. The van der Waals surface area contributed by atoms with Gasteiger partial charge in [-0.25, -0.2) is 4.79 Å². The molecule has 26 heavy (non-hydrogen) atoms. The highest BCUT2D eigenvalue weighted by Crippen LogP contribution is 2.10. The van der Waals surface area contributed by atoms with E-state index in [0.717, 1.165) is 15.7 Å². The van der Waals surface area contributed by atoms with E-state index in [4.69, 9.17) is 0 Å². The van der Waals surface area contributed by atoms with Gasteiger partial charge in [0.05, 0.1) is 0 Å². The molecule has 0 saturated heterocycles. The minimum absolute atomic E-state index is 0.199. The van der Waals surface area contributed by atoms with Gasteiger partial charge in [0, 0.05) is 29.1 Å². The second kappa shape index (κ2) is 7.81. The van der Waals surface area contributed by atoms with Crippen molar-refractivity contribution in [3.8, 4) is 11.8 Å². The number of hydrogen-bond acceptors (Lipinski definition) is 3. The monoisotopic (exact) mass is 345 g/mol. The van der Waals surface area contributed by atoms with E-state index in [1.807, 2.05) is 36.4 Å². The van der Waals surface area contributed by atoms with Crippen LogP contribution in [0.15, 0.2) is 76.4 Å². The number of hydrogen-bond donors (Lipinski definition) is 2. The summed E-state index contributed by atoms with van der Waals surface area (Å²) in [5, 5.41) is 2.71. The maximum Gasteiger partial charge on any atom is 0.328 e. The first-order chi connectivity index (χ1) is 12.6. The number of carbonyl (C=O) groups is 1. The van der Waals surface area contributed by atoms with Crippen molar-refractivity contribution in [2.75, 3.05) is 5.32 Å². The largest absolute Gasteiger partial charge is 0.328 e. The normalized spacial score (nSPS) is 9.85. The zero-order valence-electron chi connectivity index (χ0n) is 13.7. The fourth-order valence-electron chi connectivity index (χ4n) is 2.26. The summed E-state index contributed by atoms with van der Waals surface area (Å²) >= 11 is 0. The number of rotatable bonds is 3. The molecule has 2 N–H and O–H groups in total. The number of amides is 1. The van der Waals surface area contributed by atoms with Crippen molar-refractivity contribution < 1.29 is 4.79 Å². The molecule has 0 spiro atoms. The number of H-pyrrole nitrogens is 1. The maximum absolute atomic E-state index is 12.1. The molecule has 0 fully saturated rings. The topological polar surface area (TPSA) is 84.0 Å². The minimum Gasteiger partial charge on any atom is -0.324 e. The van der Waals surface area contributed by atoms with Crippen molar-refractivity contribution in [3.05, 3.63) is 98.8 Å². The van der Waals surface area contributed by atoms with Gasteiger partial charge in [-0.2, -0.15) is 0 Å². The van der Waals surface area contributed by atoms with Crippen LogP contribution in [-0.4, -0.2) is 15.5 Å². The minimum atomic E-state index is -0.630. The first-order valence-corrected chi connectivity index (χ1v) is 7.87. The number of aromatic amines is 1. The molecular formula is C20H15N3O3. The van der Waals surface area contributed by atoms with Gasteiger partial charge in [-0.3, -0.25) is 19.1 Å². The Balaban J connectivity index is 1.70. The fourth-order valence-corrected chi connectivity index (χ4v) is 2.26. The van der Waals surface area contributed by atoms with Crippen LogP contribution in [0.5, 0.6) is 0 Å². The average molecular weight is 345 g/mol. The molecule has 3 aromatic rings. The van der Waals surface area contributed by atoms with Crippen LogP contribution in [0.4, 0.5) is 5.69 Å². The summed E-state index contributed by atoms with van der Waals surface area (Å²) < 4.78 is 1.12. The maximum atomic E-state index is 12.1. The van der Waals surface area contributed by atoms with Crippen molar-refractivity contribution >= 4 is 11.6 Å². The molecule has 2 aromatic carbocycles. The van der Waals surface area contributed by atoms with Crippen LogP contribution in [0, 0.1) is 11.8 Å². The molecule has 0 aliphatic heterocycles. The van der Waals surface area contributed by atoms with Gasteiger partial charge >= 0.3 is 5.69 Å². The van der Waals surface area contributed by atoms with Gasteiger partial charge in [-0.15, -0.1) is 0 Å². The van der Waals surface area contributed by atoms with Gasteiger partial charge in [0.1, 0.15) is 6.54 Å². The number of nitrogens with one attached hydrogen (secondary N) is 2. The third-order valence-electron chi connectivity index (χ3n) is 3.48. The summed E-state index contributed by atoms with van der Waals surface area (Å²) in [6.07, 6.45) is 1.28. The van der Waals surface area contributed by atoms with E-state index < -0.39 is 11.2 Å². The first-order valence-electron chi connectivity index (χ1n) is 7.87. The molecule has 128 valence electrons. The molecule has 0 radical (unpaired) electrons. The second-order valence-electron chi connectivity index (χ2n) is 5.48. The quantitative estimate of drug-likeness (QED) is 0.707. The van der Waals surface area contributed by atoms with Gasteiger partial charge in [0.15, 0.2) is 0 Å². The first kappa shape index (κ1) is 17.0. The Labute approximate surface area is 149 Å². The standard InChI is InChI=1S/C20H15N3O3/c24-18-11-12-23(20(26)22-18)14-19(25)21-17-8-4-7-16(13-17)10-9-15-5-2-1-3-6-15/h1-8,11-13H,14H2,(H,21,25)(H,22,24,26). The van der Waals surface area contributed by atoms with Gasteiger partial charge in [-0.05, 0) is 30.3 Å². The van der Waals surface area contributed by atoms with E-state index in [1.165, 1.54) is 12.3 Å². The lowest BCUT2D eigenvalue weighted by molar-refractivity contribution is -0.116. The molecule has 6 heteroatoms. The molecule has 0 saturated carbocycles. The van der Waals surface area contributed by atoms with Gasteiger partial charge in [0.25, 0.3) is 5.56 Å². The van der Waals surface area contributed by atoms with Crippen LogP contribution in [0.1, 0.15) is 11.1 Å². The zero-order chi connectivity index (χ0) is 18.4. The second-order valence-corrected chi connectivity index (χ2v) is 5.48. The summed E-state index contributed by atoms with van der Waals surface area (Å²) in [6.45, 7) is -0.199. The Morgan fingerprint density at radius 2 is 1.69 bits per heavy atom. The Morgan fingerprint density at radius 3 is 2.46 bits per heavy atom. The van der Waals surface area contributed by atoms with Crippen LogP contribution in [0.3, 0.4) is 0 Å². The van der Waals surface area contributed by atoms with Crippen molar-refractivity contribution in [1.29, 1.82) is 0 Å². The number of nitrogens with zero attached hydrogens (tertiary/aromatic N) is 1. The molecular weight excluding hydrogens is 330 g/mol. The fraction of sp³-hybridized carbons (Fsp3) is 0.0500. The van der Waals surface area contributed by atoms with E-state index in [2.05, 4.69) is 22.1 Å². The lowest BCUT2D eigenvalue weighted by atomic mass is 10.1. The van der Waals surface area contributed by atoms with Crippen molar-refractivity contribution in [3.63, 3.8) is 0 Å². The van der Waals surface area contributed by atoms with Crippen molar-refractivity contribution in [2.45, 2.75) is 6.54 Å². The summed E-state index contributed by atoms with van der Waals surface area (Å²) in [7, 11) is 0.